The number of aliphatic hydroxyl groups excluding tert-OH is 1. The highest BCUT2D eigenvalue weighted by Gasteiger charge is 2.22. The van der Waals surface area contributed by atoms with Gasteiger partial charge in [0.25, 0.3) is 0 Å². The predicted molar refractivity (Wildman–Crippen MR) is 90.5 cm³/mol. The van der Waals surface area contributed by atoms with E-state index >= 15 is 0 Å². The van der Waals surface area contributed by atoms with Gasteiger partial charge in [0.15, 0.2) is 0 Å². The summed E-state index contributed by atoms with van der Waals surface area (Å²) in [5.41, 5.74) is 3.33. The molecule has 1 aliphatic heterocycles. The molecular weight excluding hydrogens is 292 g/mol. The van der Waals surface area contributed by atoms with Gasteiger partial charge in [-0.25, -0.2) is 4.79 Å². The van der Waals surface area contributed by atoms with Crippen LogP contribution in [0.25, 0.3) is 0 Å². The molecule has 5 nitrogen and oxygen atoms in total. The van der Waals surface area contributed by atoms with E-state index in [2.05, 4.69) is 23.1 Å². The van der Waals surface area contributed by atoms with Crippen LogP contribution < -0.4 is 0 Å². The second-order valence-electron chi connectivity index (χ2n) is 6.19. The van der Waals surface area contributed by atoms with Crippen molar-refractivity contribution in [3.05, 3.63) is 34.9 Å². The largest absolute Gasteiger partial charge is 0.450 e. The number of amides is 1. The molecule has 2 rings (SSSR count). The normalized spacial score (nSPS) is 17.1. The van der Waals surface area contributed by atoms with E-state index in [-0.39, 0.29) is 6.09 Å². The van der Waals surface area contributed by atoms with Crippen LogP contribution in [-0.2, 0) is 4.74 Å². The molecule has 1 heterocycles. The first-order valence-electron chi connectivity index (χ1n) is 8.40. The summed E-state index contributed by atoms with van der Waals surface area (Å²) >= 11 is 0. The van der Waals surface area contributed by atoms with E-state index in [1.807, 2.05) is 20.8 Å². The maximum atomic E-state index is 11.7. The number of carbonyl (C=O) groups excluding carboxylic acids is 1. The zero-order valence-electron chi connectivity index (χ0n) is 14.4. The van der Waals surface area contributed by atoms with Crippen molar-refractivity contribution < 1.29 is 14.6 Å². The van der Waals surface area contributed by atoms with Crippen LogP contribution in [0.2, 0.25) is 0 Å². The molecule has 1 amide bonds. The van der Waals surface area contributed by atoms with E-state index in [0.717, 1.165) is 30.8 Å². The Morgan fingerprint density at radius 2 is 1.96 bits per heavy atom. The molecule has 1 aliphatic rings. The highest BCUT2D eigenvalue weighted by atomic mass is 16.6. The Hall–Kier alpha value is -1.59. The number of piperazine rings is 1. The minimum atomic E-state index is -0.432. The van der Waals surface area contributed by atoms with Gasteiger partial charge in [0, 0.05) is 32.7 Å². The molecule has 1 unspecified atom stereocenters. The average Bonchev–Trinajstić information content (AvgIpc) is 2.55. The molecule has 1 atom stereocenters. The van der Waals surface area contributed by atoms with Crippen molar-refractivity contribution in [3.63, 3.8) is 0 Å². The molecule has 1 N–H and O–H groups in total. The number of nitrogens with zero attached hydrogens (tertiary/aromatic N) is 2. The molecule has 1 saturated heterocycles. The lowest BCUT2D eigenvalue weighted by Crippen LogP contribution is -2.49. The smallest absolute Gasteiger partial charge is 0.409 e. The van der Waals surface area contributed by atoms with E-state index in [1.54, 1.807) is 4.90 Å². The van der Waals surface area contributed by atoms with Gasteiger partial charge in [0.1, 0.15) is 0 Å². The third-order valence-corrected chi connectivity index (χ3v) is 4.41. The number of hydrogen-bond acceptors (Lipinski definition) is 4. The molecule has 1 fully saturated rings. The Bertz CT molecular complexity index is 525. The van der Waals surface area contributed by atoms with Crippen molar-refractivity contribution in [2.75, 3.05) is 39.3 Å². The lowest BCUT2D eigenvalue weighted by atomic mass is 9.99. The maximum Gasteiger partial charge on any atom is 0.409 e. The number of rotatable bonds is 5. The third kappa shape index (κ3) is 4.94. The Kier molecular flexibility index (Phi) is 6.42. The van der Waals surface area contributed by atoms with Gasteiger partial charge < -0.3 is 14.7 Å². The molecule has 1 aromatic carbocycles. The molecule has 0 spiro atoms. The van der Waals surface area contributed by atoms with Crippen molar-refractivity contribution in [3.8, 4) is 0 Å². The molecule has 1 aromatic rings. The third-order valence-electron chi connectivity index (χ3n) is 4.41. The number of aryl methyl sites for hydroxylation is 2. The lowest BCUT2D eigenvalue weighted by molar-refractivity contribution is 0.0724. The Morgan fingerprint density at radius 3 is 2.61 bits per heavy atom. The van der Waals surface area contributed by atoms with Gasteiger partial charge >= 0.3 is 6.09 Å². The van der Waals surface area contributed by atoms with Gasteiger partial charge in [-0.3, -0.25) is 4.90 Å². The van der Waals surface area contributed by atoms with Crippen LogP contribution in [0, 0.1) is 13.8 Å². The van der Waals surface area contributed by atoms with Crippen LogP contribution in [0.5, 0.6) is 0 Å². The fourth-order valence-corrected chi connectivity index (χ4v) is 2.95. The van der Waals surface area contributed by atoms with Gasteiger partial charge in [-0.1, -0.05) is 23.8 Å². The fraction of sp³-hybridized carbons (Fsp3) is 0.611. The first-order chi connectivity index (χ1) is 11.0. The standard InChI is InChI=1S/C18H28N2O3/c1-4-23-18(22)20-11-9-19(10-12-20)8-7-17(21)16-13-14(2)5-6-15(16)3/h5-6,13,17,21H,4,7-12H2,1-3H3. The molecule has 0 aromatic heterocycles. The summed E-state index contributed by atoms with van der Waals surface area (Å²) in [5.74, 6) is 0. The van der Waals surface area contributed by atoms with E-state index in [1.165, 1.54) is 5.56 Å². The monoisotopic (exact) mass is 320 g/mol. The summed E-state index contributed by atoms with van der Waals surface area (Å²) in [6, 6.07) is 6.20. The minimum absolute atomic E-state index is 0.220. The van der Waals surface area contributed by atoms with Gasteiger partial charge in [-0.2, -0.15) is 0 Å². The SMILES string of the molecule is CCOC(=O)N1CCN(CCC(O)c2cc(C)ccc2C)CC1. The molecule has 128 valence electrons. The first kappa shape index (κ1) is 17.8. The maximum absolute atomic E-state index is 11.7. The molecule has 0 aliphatic carbocycles. The van der Waals surface area contributed by atoms with E-state index < -0.39 is 6.10 Å². The fourth-order valence-electron chi connectivity index (χ4n) is 2.95. The molecule has 5 heteroatoms. The van der Waals surface area contributed by atoms with Crippen LogP contribution in [-0.4, -0.2) is 60.3 Å². The number of aliphatic hydroxyl groups is 1. The summed E-state index contributed by atoms with van der Waals surface area (Å²) in [7, 11) is 0. The number of carbonyl (C=O) groups is 1. The van der Waals surface area contributed by atoms with Crippen LogP contribution >= 0.6 is 0 Å². The topological polar surface area (TPSA) is 53.0 Å². The molecule has 0 radical (unpaired) electrons. The first-order valence-corrected chi connectivity index (χ1v) is 8.40. The Morgan fingerprint density at radius 1 is 1.26 bits per heavy atom. The molecule has 0 bridgehead atoms. The van der Waals surface area contributed by atoms with Crippen LogP contribution in [0.1, 0.15) is 36.1 Å². The van der Waals surface area contributed by atoms with Crippen molar-refractivity contribution in [2.45, 2.75) is 33.3 Å². The summed E-state index contributed by atoms with van der Waals surface area (Å²) < 4.78 is 5.03. The quantitative estimate of drug-likeness (QED) is 0.906. The Balaban J connectivity index is 1.79. The molecule has 23 heavy (non-hydrogen) atoms. The highest BCUT2D eigenvalue weighted by molar-refractivity contribution is 5.67. The lowest BCUT2D eigenvalue weighted by Gasteiger charge is -2.34. The van der Waals surface area contributed by atoms with Crippen molar-refractivity contribution >= 4 is 6.09 Å². The average molecular weight is 320 g/mol. The van der Waals surface area contributed by atoms with Crippen molar-refractivity contribution in [1.29, 1.82) is 0 Å². The number of ether oxygens (including phenoxy) is 1. The van der Waals surface area contributed by atoms with Crippen LogP contribution in [0.3, 0.4) is 0 Å². The van der Waals surface area contributed by atoms with Gasteiger partial charge in [-0.05, 0) is 38.3 Å². The van der Waals surface area contributed by atoms with Crippen LogP contribution in [0.4, 0.5) is 4.79 Å². The zero-order chi connectivity index (χ0) is 16.8. The van der Waals surface area contributed by atoms with Gasteiger partial charge in [0.05, 0.1) is 12.7 Å². The predicted octanol–water partition coefficient (Wildman–Crippen LogP) is 2.50. The van der Waals surface area contributed by atoms with Crippen molar-refractivity contribution in [2.24, 2.45) is 0 Å². The van der Waals surface area contributed by atoms with E-state index in [0.29, 0.717) is 26.1 Å². The second kappa shape index (κ2) is 8.31. The van der Waals surface area contributed by atoms with Gasteiger partial charge in [-0.15, -0.1) is 0 Å². The summed E-state index contributed by atoms with van der Waals surface area (Å²) in [4.78, 5) is 15.7. The van der Waals surface area contributed by atoms with Gasteiger partial charge in [0.2, 0.25) is 0 Å². The van der Waals surface area contributed by atoms with E-state index in [4.69, 9.17) is 4.74 Å². The second-order valence-corrected chi connectivity index (χ2v) is 6.19. The molecule has 0 saturated carbocycles. The van der Waals surface area contributed by atoms with Crippen LogP contribution in [0.15, 0.2) is 18.2 Å². The van der Waals surface area contributed by atoms with E-state index in [9.17, 15) is 9.90 Å². The summed E-state index contributed by atoms with van der Waals surface area (Å²) in [5, 5.41) is 10.5. The summed E-state index contributed by atoms with van der Waals surface area (Å²) in [6.45, 7) is 10.2. The van der Waals surface area contributed by atoms with Crippen molar-refractivity contribution in [1.82, 2.24) is 9.80 Å². The number of benzene rings is 1. The number of hydrogen-bond donors (Lipinski definition) is 1. The minimum Gasteiger partial charge on any atom is -0.450 e. The molecular formula is C18H28N2O3. The highest BCUT2D eigenvalue weighted by Crippen LogP contribution is 2.22. The summed E-state index contributed by atoms with van der Waals surface area (Å²) in [6.07, 6.45) is 0.0597. The zero-order valence-corrected chi connectivity index (χ0v) is 14.4. The Labute approximate surface area is 138 Å².